The van der Waals surface area contributed by atoms with Crippen LogP contribution in [0.2, 0.25) is 0 Å². The van der Waals surface area contributed by atoms with Gasteiger partial charge in [0.25, 0.3) is 0 Å². The summed E-state index contributed by atoms with van der Waals surface area (Å²) in [5.41, 5.74) is 0. The number of halogens is 2. The molecule has 0 amide bonds. The average Bonchev–Trinajstić information content (AvgIpc) is 1.65. The van der Waals surface area contributed by atoms with Crippen LogP contribution in [0.5, 0.6) is 0 Å². The molecular formula is C7H15Br2P. The van der Waals surface area contributed by atoms with Crippen LogP contribution in [0.25, 0.3) is 0 Å². The Bertz CT molecular complexity index is 75.7. The molecule has 0 heterocycles. The van der Waals surface area contributed by atoms with Crippen molar-refractivity contribution in [2.45, 2.75) is 44.2 Å². The van der Waals surface area contributed by atoms with Crippen molar-refractivity contribution in [1.82, 2.24) is 0 Å². The molecular weight excluding hydrogens is 275 g/mol. The maximum Gasteiger partial charge on any atom is -0.00389 e. The lowest BCUT2D eigenvalue weighted by molar-refractivity contribution is 0.421. The monoisotopic (exact) mass is 288 g/mol. The third kappa shape index (κ3) is 5.09. The summed E-state index contributed by atoms with van der Waals surface area (Å²) in [6, 6.07) is 0. The molecule has 2 radical (unpaired) electrons. The second-order valence-corrected chi connectivity index (χ2v) is 4.14. The Balaban J connectivity index is 0. The van der Waals surface area contributed by atoms with Gasteiger partial charge in [-0.15, -0.1) is 34.0 Å². The maximum atomic E-state index is 4.52. The van der Waals surface area contributed by atoms with Crippen molar-refractivity contribution >= 4 is 43.2 Å². The largest absolute Gasteiger partial charge is 0.114 e. The number of hydrogen-bond donors (Lipinski definition) is 0. The standard InChI is InChI=1S/C7H13P.2BrH/c1-7(8)5-3-2-4-6-7;;/h2-6H2,1H3;2*1H. The number of hydrogen-bond acceptors (Lipinski definition) is 0. The SMILES string of the molecule is Br.Br.CC1([P])CCCCC1. The highest BCUT2D eigenvalue weighted by atomic mass is 79.9. The lowest BCUT2D eigenvalue weighted by Gasteiger charge is -2.27. The fourth-order valence-corrected chi connectivity index (χ4v) is 1.63. The average molecular weight is 290 g/mol. The Morgan fingerprint density at radius 2 is 1.40 bits per heavy atom. The fourth-order valence-electron chi connectivity index (χ4n) is 1.31. The van der Waals surface area contributed by atoms with E-state index in [0.717, 1.165) is 0 Å². The molecule has 1 saturated carbocycles. The van der Waals surface area contributed by atoms with Crippen molar-refractivity contribution in [2.24, 2.45) is 0 Å². The first kappa shape index (κ1) is 13.9. The molecule has 3 heteroatoms. The van der Waals surface area contributed by atoms with Gasteiger partial charge in [-0.2, -0.15) is 0 Å². The Morgan fingerprint density at radius 3 is 1.60 bits per heavy atom. The van der Waals surface area contributed by atoms with Gasteiger partial charge < -0.3 is 0 Å². The summed E-state index contributed by atoms with van der Waals surface area (Å²) in [6.45, 7) is 2.25. The fraction of sp³-hybridized carbons (Fsp3) is 1.00. The highest BCUT2D eigenvalue weighted by Crippen LogP contribution is 2.34. The predicted molar refractivity (Wildman–Crippen MR) is 59.1 cm³/mol. The Morgan fingerprint density at radius 1 is 1.00 bits per heavy atom. The minimum Gasteiger partial charge on any atom is -0.114 e. The van der Waals surface area contributed by atoms with E-state index in [2.05, 4.69) is 16.2 Å². The smallest absolute Gasteiger partial charge is 0.00389 e. The first-order chi connectivity index (χ1) is 3.71. The zero-order valence-electron chi connectivity index (χ0n) is 6.30. The highest BCUT2D eigenvalue weighted by Gasteiger charge is 2.21. The molecule has 0 aliphatic heterocycles. The quantitative estimate of drug-likeness (QED) is 0.584. The van der Waals surface area contributed by atoms with Crippen LogP contribution in [-0.4, -0.2) is 5.16 Å². The van der Waals surface area contributed by atoms with Crippen LogP contribution in [0.4, 0.5) is 0 Å². The first-order valence-corrected chi connectivity index (χ1v) is 3.88. The van der Waals surface area contributed by atoms with Crippen LogP contribution in [0.1, 0.15) is 39.0 Å². The molecule has 0 nitrogen and oxygen atoms in total. The molecule has 0 bridgehead atoms. The zero-order chi connectivity index (χ0) is 6.04. The molecule has 1 fully saturated rings. The predicted octanol–water partition coefficient (Wildman–Crippen LogP) is 4.28. The molecule has 62 valence electrons. The summed E-state index contributed by atoms with van der Waals surface area (Å²) in [5.74, 6) is 0. The van der Waals surface area contributed by atoms with Gasteiger partial charge in [0.2, 0.25) is 0 Å². The Hall–Kier alpha value is 1.39. The second kappa shape index (κ2) is 5.97. The lowest BCUT2D eigenvalue weighted by Crippen LogP contribution is -2.18. The van der Waals surface area contributed by atoms with Crippen LogP contribution in [-0.2, 0) is 0 Å². The van der Waals surface area contributed by atoms with Crippen LogP contribution in [0, 0.1) is 0 Å². The van der Waals surface area contributed by atoms with Gasteiger partial charge in [-0.1, -0.05) is 26.2 Å². The van der Waals surface area contributed by atoms with E-state index < -0.39 is 0 Å². The van der Waals surface area contributed by atoms with Gasteiger partial charge >= 0.3 is 0 Å². The van der Waals surface area contributed by atoms with Gasteiger partial charge in [0.1, 0.15) is 0 Å². The summed E-state index contributed by atoms with van der Waals surface area (Å²) in [5, 5.41) is 0.373. The van der Waals surface area contributed by atoms with Crippen LogP contribution in [0.3, 0.4) is 0 Å². The van der Waals surface area contributed by atoms with E-state index in [9.17, 15) is 0 Å². The van der Waals surface area contributed by atoms with Crippen molar-refractivity contribution in [3.8, 4) is 0 Å². The summed E-state index contributed by atoms with van der Waals surface area (Å²) in [6.07, 6.45) is 6.84. The van der Waals surface area contributed by atoms with E-state index in [0.29, 0.717) is 5.16 Å². The normalized spacial score (nSPS) is 22.2. The minimum atomic E-state index is 0. The van der Waals surface area contributed by atoms with Crippen molar-refractivity contribution in [3.05, 3.63) is 0 Å². The van der Waals surface area contributed by atoms with Crippen molar-refractivity contribution in [2.75, 3.05) is 0 Å². The molecule has 0 aromatic heterocycles. The molecule has 0 atom stereocenters. The molecule has 0 aromatic carbocycles. The molecule has 0 aromatic rings. The lowest BCUT2D eigenvalue weighted by atomic mass is 9.90. The summed E-state index contributed by atoms with van der Waals surface area (Å²) in [7, 11) is 4.52. The Kier molecular flexibility index (Phi) is 8.32. The third-order valence-corrected chi connectivity index (χ3v) is 2.38. The van der Waals surface area contributed by atoms with Crippen molar-refractivity contribution in [3.63, 3.8) is 0 Å². The van der Waals surface area contributed by atoms with Gasteiger partial charge in [0, 0.05) is 0 Å². The van der Waals surface area contributed by atoms with Gasteiger partial charge in [-0.3, -0.25) is 0 Å². The first-order valence-electron chi connectivity index (χ1n) is 3.43. The van der Waals surface area contributed by atoms with Gasteiger partial charge in [0.15, 0.2) is 0 Å². The zero-order valence-corrected chi connectivity index (χ0v) is 10.6. The van der Waals surface area contributed by atoms with Gasteiger partial charge in [-0.05, 0) is 27.2 Å². The van der Waals surface area contributed by atoms with E-state index in [1.54, 1.807) is 0 Å². The van der Waals surface area contributed by atoms with E-state index in [-0.39, 0.29) is 34.0 Å². The summed E-state index contributed by atoms with van der Waals surface area (Å²) in [4.78, 5) is 0. The molecule has 0 spiro atoms. The van der Waals surface area contributed by atoms with E-state index in [1.807, 2.05) is 0 Å². The topological polar surface area (TPSA) is 0 Å². The van der Waals surface area contributed by atoms with Gasteiger partial charge in [-0.25, -0.2) is 0 Å². The molecule has 0 saturated heterocycles. The number of rotatable bonds is 0. The van der Waals surface area contributed by atoms with Crippen LogP contribution < -0.4 is 0 Å². The summed E-state index contributed by atoms with van der Waals surface area (Å²) < 4.78 is 0. The second-order valence-electron chi connectivity index (χ2n) is 3.06. The van der Waals surface area contributed by atoms with Crippen molar-refractivity contribution in [1.29, 1.82) is 0 Å². The molecule has 1 aliphatic rings. The molecule has 0 unspecified atom stereocenters. The van der Waals surface area contributed by atoms with E-state index in [1.165, 1.54) is 32.1 Å². The molecule has 10 heavy (non-hydrogen) atoms. The molecule has 1 rings (SSSR count). The highest BCUT2D eigenvalue weighted by molar-refractivity contribution is 8.93. The van der Waals surface area contributed by atoms with E-state index in [4.69, 9.17) is 0 Å². The van der Waals surface area contributed by atoms with Crippen LogP contribution in [0.15, 0.2) is 0 Å². The maximum absolute atomic E-state index is 4.52. The van der Waals surface area contributed by atoms with Crippen molar-refractivity contribution < 1.29 is 0 Å². The van der Waals surface area contributed by atoms with Crippen LogP contribution >= 0.6 is 43.2 Å². The third-order valence-electron chi connectivity index (χ3n) is 1.93. The molecule has 0 N–H and O–H groups in total. The van der Waals surface area contributed by atoms with E-state index >= 15 is 0 Å². The van der Waals surface area contributed by atoms with Gasteiger partial charge in [0.05, 0.1) is 0 Å². The minimum absolute atomic E-state index is 0. The molecule has 1 aliphatic carbocycles. The summed E-state index contributed by atoms with van der Waals surface area (Å²) >= 11 is 0. The Labute approximate surface area is 87.3 Å².